The molecule has 0 aliphatic carbocycles. The number of fused-ring (bicyclic) bond motifs is 1. The molecule has 2 aromatic rings. The maximum absolute atomic E-state index is 8.95. The first-order valence-electron chi connectivity index (χ1n) is 4.87. The first-order valence-corrected chi connectivity index (χ1v) is 4.87. The molecule has 0 bridgehead atoms. The number of ether oxygens (including phenoxy) is 1. The van der Waals surface area contributed by atoms with Crippen molar-refractivity contribution in [2.75, 3.05) is 13.7 Å². The van der Waals surface area contributed by atoms with E-state index in [1.165, 1.54) is 0 Å². The van der Waals surface area contributed by atoms with E-state index < -0.39 is 0 Å². The first kappa shape index (κ1) is 9.93. The van der Waals surface area contributed by atoms with E-state index in [0.29, 0.717) is 6.42 Å². The van der Waals surface area contributed by atoms with Gasteiger partial charge in [-0.15, -0.1) is 0 Å². The Morgan fingerprint density at radius 1 is 1.33 bits per heavy atom. The molecule has 2 rings (SSSR count). The minimum Gasteiger partial charge on any atom is -0.497 e. The predicted molar refractivity (Wildman–Crippen MR) is 59.1 cm³/mol. The van der Waals surface area contributed by atoms with Crippen molar-refractivity contribution in [1.82, 2.24) is 4.98 Å². The number of aliphatic hydroxyl groups excluding tert-OH is 1. The molecule has 0 aliphatic rings. The van der Waals surface area contributed by atoms with Crippen LogP contribution in [0.15, 0.2) is 30.5 Å². The van der Waals surface area contributed by atoms with E-state index in [9.17, 15) is 0 Å². The van der Waals surface area contributed by atoms with Crippen LogP contribution in [0, 0.1) is 0 Å². The van der Waals surface area contributed by atoms with Crippen LogP contribution in [0.1, 0.15) is 5.56 Å². The van der Waals surface area contributed by atoms with Crippen molar-refractivity contribution in [2.24, 2.45) is 0 Å². The maximum atomic E-state index is 8.95. The Hall–Kier alpha value is -1.61. The van der Waals surface area contributed by atoms with E-state index in [1.807, 2.05) is 24.3 Å². The Morgan fingerprint density at radius 2 is 2.20 bits per heavy atom. The molecule has 78 valence electrons. The van der Waals surface area contributed by atoms with Gasteiger partial charge in [0.2, 0.25) is 0 Å². The monoisotopic (exact) mass is 203 g/mol. The summed E-state index contributed by atoms with van der Waals surface area (Å²) in [4.78, 5) is 4.26. The van der Waals surface area contributed by atoms with Crippen molar-refractivity contribution >= 4 is 10.9 Å². The van der Waals surface area contributed by atoms with Crippen molar-refractivity contribution in [2.45, 2.75) is 6.42 Å². The molecular weight excluding hydrogens is 190 g/mol. The van der Waals surface area contributed by atoms with Crippen molar-refractivity contribution in [1.29, 1.82) is 0 Å². The Kier molecular flexibility index (Phi) is 2.83. The van der Waals surface area contributed by atoms with Gasteiger partial charge in [-0.3, -0.25) is 4.98 Å². The largest absolute Gasteiger partial charge is 0.497 e. The zero-order valence-electron chi connectivity index (χ0n) is 8.60. The van der Waals surface area contributed by atoms with Gasteiger partial charge in [-0.25, -0.2) is 0 Å². The summed E-state index contributed by atoms with van der Waals surface area (Å²) < 4.78 is 5.17. The molecule has 1 aromatic heterocycles. The highest BCUT2D eigenvalue weighted by Gasteiger charge is 2.02. The summed E-state index contributed by atoms with van der Waals surface area (Å²) in [6, 6.07) is 7.69. The van der Waals surface area contributed by atoms with Crippen molar-refractivity contribution in [3.05, 3.63) is 36.0 Å². The van der Waals surface area contributed by atoms with E-state index in [-0.39, 0.29) is 6.61 Å². The smallest absolute Gasteiger partial charge is 0.119 e. The van der Waals surface area contributed by atoms with Crippen LogP contribution in [0.25, 0.3) is 10.9 Å². The molecule has 0 unspecified atom stereocenters. The molecule has 0 radical (unpaired) electrons. The molecule has 0 atom stereocenters. The molecule has 0 spiro atoms. The fraction of sp³-hybridized carbons (Fsp3) is 0.250. The van der Waals surface area contributed by atoms with Crippen LogP contribution in [-0.2, 0) is 6.42 Å². The fourth-order valence-electron chi connectivity index (χ4n) is 1.65. The first-order chi connectivity index (χ1) is 7.35. The molecule has 0 saturated carbocycles. The van der Waals surface area contributed by atoms with Gasteiger partial charge in [0.1, 0.15) is 5.75 Å². The van der Waals surface area contributed by atoms with Gasteiger partial charge in [0.15, 0.2) is 0 Å². The minimum atomic E-state index is 0.149. The van der Waals surface area contributed by atoms with Crippen molar-refractivity contribution < 1.29 is 9.84 Å². The lowest BCUT2D eigenvalue weighted by Gasteiger charge is -2.06. The Labute approximate surface area is 88.3 Å². The highest BCUT2D eigenvalue weighted by atomic mass is 16.5. The molecule has 3 nitrogen and oxygen atoms in total. The van der Waals surface area contributed by atoms with Gasteiger partial charge < -0.3 is 9.84 Å². The Morgan fingerprint density at radius 3 is 2.93 bits per heavy atom. The third-order valence-corrected chi connectivity index (χ3v) is 2.42. The van der Waals surface area contributed by atoms with Gasteiger partial charge in [0.05, 0.1) is 12.6 Å². The molecule has 15 heavy (non-hydrogen) atoms. The number of aliphatic hydroxyl groups is 1. The van der Waals surface area contributed by atoms with E-state index in [2.05, 4.69) is 4.98 Å². The summed E-state index contributed by atoms with van der Waals surface area (Å²) in [7, 11) is 1.64. The van der Waals surface area contributed by atoms with Crippen LogP contribution in [0.2, 0.25) is 0 Å². The average Bonchev–Trinajstić information content (AvgIpc) is 2.29. The van der Waals surface area contributed by atoms with Crippen molar-refractivity contribution in [3.63, 3.8) is 0 Å². The SMILES string of the molecule is COc1ccc2nccc(CCO)c2c1. The second-order valence-electron chi connectivity index (χ2n) is 3.33. The lowest BCUT2D eigenvalue weighted by Crippen LogP contribution is -1.93. The lowest BCUT2D eigenvalue weighted by atomic mass is 10.1. The number of pyridine rings is 1. The summed E-state index contributed by atoms with van der Waals surface area (Å²) in [5.74, 6) is 0.815. The van der Waals surface area contributed by atoms with E-state index >= 15 is 0 Å². The van der Waals surface area contributed by atoms with Crippen LogP contribution < -0.4 is 4.74 Å². The standard InChI is InChI=1S/C12H13NO2/c1-15-10-2-3-12-11(8-10)9(5-7-14)4-6-13-12/h2-4,6,8,14H,5,7H2,1H3. The molecule has 0 amide bonds. The molecule has 1 N–H and O–H groups in total. The van der Waals surface area contributed by atoms with Gasteiger partial charge in [-0.05, 0) is 36.2 Å². The summed E-state index contributed by atoms with van der Waals surface area (Å²) in [5, 5.41) is 10.0. The molecular formula is C12H13NO2. The molecule has 1 heterocycles. The summed E-state index contributed by atoms with van der Waals surface area (Å²) in [6.07, 6.45) is 2.41. The molecule has 0 fully saturated rings. The van der Waals surface area contributed by atoms with E-state index in [0.717, 1.165) is 22.2 Å². The second-order valence-corrected chi connectivity index (χ2v) is 3.33. The maximum Gasteiger partial charge on any atom is 0.119 e. The van der Waals surface area contributed by atoms with Gasteiger partial charge in [0, 0.05) is 18.2 Å². The van der Waals surface area contributed by atoms with Crippen LogP contribution in [0.5, 0.6) is 5.75 Å². The van der Waals surface area contributed by atoms with Gasteiger partial charge in [-0.1, -0.05) is 0 Å². The van der Waals surface area contributed by atoms with Crippen LogP contribution in [-0.4, -0.2) is 23.8 Å². The summed E-state index contributed by atoms with van der Waals surface area (Å²) in [5.41, 5.74) is 2.03. The zero-order chi connectivity index (χ0) is 10.7. The number of aromatic nitrogens is 1. The average molecular weight is 203 g/mol. The van der Waals surface area contributed by atoms with Gasteiger partial charge in [0.25, 0.3) is 0 Å². The molecule has 1 aromatic carbocycles. The number of hydrogen-bond donors (Lipinski definition) is 1. The second kappa shape index (κ2) is 4.28. The van der Waals surface area contributed by atoms with Crippen LogP contribution in [0.3, 0.4) is 0 Å². The number of rotatable bonds is 3. The quantitative estimate of drug-likeness (QED) is 0.826. The molecule has 0 saturated heterocycles. The van der Waals surface area contributed by atoms with Crippen LogP contribution in [0.4, 0.5) is 0 Å². The predicted octanol–water partition coefficient (Wildman–Crippen LogP) is 1.78. The van der Waals surface area contributed by atoms with Gasteiger partial charge in [-0.2, -0.15) is 0 Å². The third-order valence-electron chi connectivity index (χ3n) is 2.42. The number of methoxy groups -OCH3 is 1. The zero-order valence-corrected chi connectivity index (χ0v) is 8.60. The summed E-state index contributed by atoms with van der Waals surface area (Å²) in [6.45, 7) is 0.149. The van der Waals surface area contributed by atoms with E-state index in [4.69, 9.17) is 9.84 Å². The van der Waals surface area contributed by atoms with Crippen molar-refractivity contribution in [3.8, 4) is 5.75 Å². The molecule has 3 heteroatoms. The third kappa shape index (κ3) is 1.92. The highest BCUT2D eigenvalue weighted by Crippen LogP contribution is 2.22. The van der Waals surface area contributed by atoms with E-state index in [1.54, 1.807) is 13.3 Å². The minimum absolute atomic E-state index is 0.149. The number of hydrogen-bond acceptors (Lipinski definition) is 3. The molecule has 0 aliphatic heterocycles. The summed E-state index contributed by atoms with van der Waals surface area (Å²) >= 11 is 0. The number of nitrogens with zero attached hydrogens (tertiary/aromatic N) is 1. The topological polar surface area (TPSA) is 42.4 Å². The Balaban J connectivity index is 2.59. The van der Waals surface area contributed by atoms with Crippen LogP contribution >= 0.6 is 0 Å². The fourth-order valence-corrected chi connectivity index (χ4v) is 1.65. The van der Waals surface area contributed by atoms with Gasteiger partial charge >= 0.3 is 0 Å². The highest BCUT2D eigenvalue weighted by molar-refractivity contribution is 5.83. The number of benzene rings is 1. The normalized spacial score (nSPS) is 10.5. The Bertz CT molecular complexity index is 468. The lowest BCUT2D eigenvalue weighted by molar-refractivity contribution is 0.300.